The number of aryl methyl sites for hydroxylation is 4. The summed E-state index contributed by atoms with van der Waals surface area (Å²) in [6, 6.07) is 6.46. The normalized spacial score (nSPS) is 11.2. The predicted octanol–water partition coefficient (Wildman–Crippen LogP) is 3.87. The van der Waals surface area contributed by atoms with E-state index in [1.807, 2.05) is 11.4 Å². The monoisotopic (exact) mass is 323 g/mol. The Bertz CT molecular complexity index is 867. The van der Waals surface area contributed by atoms with Crippen molar-refractivity contribution in [2.75, 3.05) is 18.0 Å². The molecule has 24 heavy (non-hydrogen) atoms. The molecule has 0 unspecified atom stereocenters. The fourth-order valence-electron chi connectivity index (χ4n) is 3.47. The van der Waals surface area contributed by atoms with E-state index in [4.69, 9.17) is 5.10 Å². The third-order valence-electron chi connectivity index (χ3n) is 4.48. The van der Waals surface area contributed by atoms with Crippen LogP contribution in [-0.4, -0.2) is 32.9 Å². The van der Waals surface area contributed by atoms with Crippen molar-refractivity contribution >= 4 is 11.3 Å². The van der Waals surface area contributed by atoms with Crippen LogP contribution in [0.2, 0.25) is 0 Å². The van der Waals surface area contributed by atoms with Crippen LogP contribution in [0.15, 0.2) is 18.2 Å². The summed E-state index contributed by atoms with van der Waals surface area (Å²) in [5.41, 5.74) is 7.66. The zero-order valence-electron chi connectivity index (χ0n) is 15.4. The van der Waals surface area contributed by atoms with E-state index in [1.54, 1.807) is 0 Å². The van der Waals surface area contributed by atoms with E-state index in [0.29, 0.717) is 0 Å². The largest absolute Gasteiger partial charge is 0.369 e. The average molecular weight is 323 g/mol. The van der Waals surface area contributed by atoms with Crippen LogP contribution in [0.1, 0.15) is 36.2 Å². The van der Waals surface area contributed by atoms with Gasteiger partial charge in [-0.2, -0.15) is 9.61 Å². The smallest absolute Gasteiger partial charge is 0.201 e. The third-order valence-corrected chi connectivity index (χ3v) is 4.48. The Morgan fingerprint density at radius 2 is 1.54 bits per heavy atom. The van der Waals surface area contributed by atoms with E-state index in [2.05, 4.69) is 67.9 Å². The van der Waals surface area contributed by atoms with Gasteiger partial charge in [0.15, 0.2) is 5.82 Å². The summed E-state index contributed by atoms with van der Waals surface area (Å²) in [7, 11) is 0. The molecule has 0 fully saturated rings. The highest BCUT2D eigenvalue weighted by atomic mass is 15.4. The third kappa shape index (κ3) is 2.64. The second kappa shape index (κ2) is 6.23. The summed E-state index contributed by atoms with van der Waals surface area (Å²) in [4.78, 5) is 2.29. The predicted molar refractivity (Wildman–Crippen MR) is 98.7 cm³/mol. The van der Waals surface area contributed by atoms with Crippen LogP contribution in [0.5, 0.6) is 0 Å². The van der Waals surface area contributed by atoms with Gasteiger partial charge in [0.05, 0.1) is 11.4 Å². The van der Waals surface area contributed by atoms with Crippen LogP contribution in [0.3, 0.4) is 0 Å². The van der Waals surface area contributed by atoms with Crippen LogP contribution in [0.25, 0.3) is 17.0 Å². The number of aromatic nitrogens is 4. The number of anilines is 1. The van der Waals surface area contributed by atoms with Crippen LogP contribution >= 0.6 is 0 Å². The van der Waals surface area contributed by atoms with Crippen molar-refractivity contribution in [1.82, 2.24) is 19.8 Å². The lowest BCUT2D eigenvalue weighted by Gasteiger charge is -2.21. The second-order valence-corrected chi connectivity index (χ2v) is 6.38. The molecular formula is C19H25N5. The number of nitrogens with zero attached hydrogens (tertiary/aromatic N) is 5. The van der Waals surface area contributed by atoms with Gasteiger partial charge < -0.3 is 4.90 Å². The maximum Gasteiger partial charge on any atom is 0.201 e. The van der Waals surface area contributed by atoms with Crippen molar-refractivity contribution in [3.8, 4) is 11.4 Å². The van der Waals surface area contributed by atoms with Gasteiger partial charge >= 0.3 is 0 Å². The molecule has 0 saturated carbocycles. The van der Waals surface area contributed by atoms with Crippen molar-refractivity contribution in [2.24, 2.45) is 0 Å². The highest BCUT2D eigenvalue weighted by molar-refractivity contribution is 5.74. The Labute approximate surface area is 143 Å². The summed E-state index contributed by atoms with van der Waals surface area (Å²) < 4.78 is 1.90. The molecule has 0 aliphatic heterocycles. The summed E-state index contributed by atoms with van der Waals surface area (Å²) >= 11 is 0. The molecule has 0 aliphatic rings. The molecular weight excluding hydrogens is 298 g/mol. The molecule has 0 aliphatic carbocycles. The minimum absolute atomic E-state index is 0.817. The maximum absolute atomic E-state index is 4.69. The van der Waals surface area contributed by atoms with Crippen molar-refractivity contribution in [2.45, 2.75) is 41.5 Å². The number of fused-ring (bicyclic) bond motifs is 1. The lowest BCUT2D eigenvalue weighted by Crippen LogP contribution is -2.23. The molecule has 5 nitrogen and oxygen atoms in total. The highest BCUT2D eigenvalue weighted by Crippen LogP contribution is 2.29. The lowest BCUT2D eigenvalue weighted by atomic mass is 9.99. The van der Waals surface area contributed by atoms with Gasteiger partial charge in [0.1, 0.15) is 0 Å². The Balaban J connectivity index is 2.29. The molecule has 5 heteroatoms. The lowest BCUT2D eigenvalue weighted by molar-refractivity contribution is 0.841. The molecule has 0 N–H and O–H groups in total. The van der Waals surface area contributed by atoms with E-state index < -0.39 is 0 Å². The van der Waals surface area contributed by atoms with Gasteiger partial charge in [-0.3, -0.25) is 0 Å². The van der Waals surface area contributed by atoms with E-state index >= 15 is 0 Å². The first-order valence-corrected chi connectivity index (χ1v) is 8.52. The molecule has 3 rings (SSSR count). The van der Waals surface area contributed by atoms with Crippen LogP contribution in [0.4, 0.5) is 5.69 Å². The number of hydrogen-bond donors (Lipinski definition) is 0. The van der Waals surface area contributed by atoms with Crippen LogP contribution < -0.4 is 4.90 Å². The van der Waals surface area contributed by atoms with Crippen LogP contribution in [-0.2, 0) is 0 Å². The first kappa shape index (κ1) is 16.4. The van der Waals surface area contributed by atoms with Gasteiger partial charge in [-0.1, -0.05) is 17.7 Å². The summed E-state index contributed by atoms with van der Waals surface area (Å²) in [6.07, 6.45) is 0. The number of hydrogen-bond acceptors (Lipinski definition) is 4. The quantitative estimate of drug-likeness (QED) is 0.731. The summed E-state index contributed by atoms with van der Waals surface area (Å²) in [6.45, 7) is 14.6. The zero-order chi connectivity index (χ0) is 17.4. The Hall–Kier alpha value is -2.43. The summed E-state index contributed by atoms with van der Waals surface area (Å²) in [5, 5.41) is 13.7. The Morgan fingerprint density at radius 3 is 2.12 bits per heavy atom. The topological polar surface area (TPSA) is 46.3 Å². The Morgan fingerprint density at radius 1 is 0.917 bits per heavy atom. The Kier molecular flexibility index (Phi) is 4.26. The number of rotatable bonds is 4. The van der Waals surface area contributed by atoms with E-state index in [-0.39, 0.29) is 0 Å². The second-order valence-electron chi connectivity index (χ2n) is 6.38. The fourth-order valence-corrected chi connectivity index (χ4v) is 3.47. The standard InChI is InChI=1S/C19H25N5/c1-7-23(8-2)16-11-15(6)22-24-18(16)20-21-19(24)17-13(4)9-12(3)10-14(17)5/h9-11H,7-8H2,1-6H3. The minimum atomic E-state index is 0.817. The van der Waals surface area contributed by atoms with Gasteiger partial charge in [0.2, 0.25) is 5.65 Å². The van der Waals surface area contributed by atoms with E-state index in [9.17, 15) is 0 Å². The average Bonchev–Trinajstić information content (AvgIpc) is 2.91. The molecule has 2 aromatic heterocycles. The molecule has 0 spiro atoms. The molecule has 1 aromatic carbocycles. The van der Waals surface area contributed by atoms with Crippen molar-refractivity contribution in [3.05, 3.63) is 40.6 Å². The van der Waals surface area contributed by atoms with Gasteiger partial charge in [0, 0.05) is 18.7 Å². The first-order chi connectivity index (χ1) is 11.5. The van der Waals surface area contributed by atoms with E-state index in [0.717, 1.165) is 41.5 Å². The van der Waals surface area contributed by atoms with Gasteiger partial charge in [-0.25, -0.2) is 0 Å². The molecule has 126 valence electrons. The SMILES string of the molecule is CCN(CC)c1cc(C)nn2c(-c3c(C)cc(C)cc3C)nnc12. The highest BCUT2D eigenvalue weighted by Gasteiger charge is 2.19. The van der Waals surface area contributed by atoms with Gasteiger partial charge in [-0.15, -0.1) is 10.2 Å². The van der Waals surface area contributed by atoms with Crippen LogP contribution in [0, 0.1) is 27.7 Å². The molecule has 2 heterocycles. The van der Waals surface area contributed by atoms with Crippen molar-refractivity contribution < 1.29 is 0 Å². The number of benzene rings is 1. The van der Waals surface area contributed by atoms with Gasteiger partial charge in [-0.05, 0) is 58.7 Å². The maximum atomic E-state index is 4.69. The molecule has 0 saturated heterocycles. The molecule has 0 atom stereocenters. The summed E-state index contributed by atoms with van der Waals surface area (Å²) in [5.74, 6) is 0.817. The van der Waals surface area contributed by atoms with Crippen molar-refractivity contribution in [3.63, 3.8) is 0 Å². The van der Waals surface area contributed by atoms with Gasteiger partial charge in [0.25, 0.3) is 0 Å². The molecule has 3 aromatic rings. The molecule has 0 amide bonds. The fraction of sp³-hybridized carbons (Fsp3) is 0.421. The van der Waals surface area contributed by atoms with E-state index in [1.165, 1.54) is 16.7 Å². The van der Waals surface area contributed by atoms with Crippen molar-refractivity contribution in [1.29, 1.82) is 0 Å². The molecule has 0 bridgehead atoms. The molecule has 0 radical (unpaired) electrons. The zero-order valence-corrected chi connectivity index (χ0v) is 15.4. The minimum Gasteiger partial charge on any atom is -0.369 e. The first-order valence-electron chi connectivity index (χ1n) is 8.52.